The molecule has 1 aliphatic rings. The topological polar surface area (TPSA) is 37.8 Å². The van der Waals surface area contributed by atoms with Gasteiger partial charge in [-0.25, -0.2) is 0 Å². The van der Waals surface area contributed by atoms with Crippen molar-refractivity contribution in [3.63, 3.8) is 0 Å². The van der Waals surface area contributed by atoms with Gasteiger partial charge in [-0.3, -0.25) is 0 Å². The summed E-state index contributed by atoms with van der Waals surface area (Å²) < 4.78 is 1.11. The SMILES string of the molecule is Cc1nnc(SC2CCNC2)s1. The number of nitrogens with zero attached hydrogens (tertiary/aromatic N) is 2. The lowest BCUT2D eigenvalue weighted by atomic mass is 10.4. The Kier molecular flexibility index (Phi) is 2.63. The van der Waals surface area contributed by atoms with E-state index in [9.17, 15) is 0 Å². The van der Waals surface area contributed by atoms with E-state index < -0.39 is 0 Å². The van der Waals surface area contributed by atoms with Crippen LogP contribution < -0.4 is 5.32 Å². The highest BCUT2D eigenvalue weighted by atomic mass is 32.2. The summed E-state index contributed by atoms with van der Waals surface area (Å²) in [5, 5.41) is 13.2. The van der Waals surface area contributed by atoms with Crippen LogP contribution in [0.15, 0.2) is 4.34 Å². The zero-order chi connectivity index (χ0) is 8.39. The molecule has 0 spiro atoms. The fourth-order valence-corrected chi connectivity index (χ4v) is 3.39. The Morgan fingerprint density at radius 1 is 1.58 bits per heavy atom. The molecule has 1 N–H and O–H groups in total. The summed E-state index contributed by atoms with van der Waals surface area (Å²) in [4.78, 5) is 0. The van der Waals surface area contributed by atoms with Crippen LogP contribution in [0.3, 0.4) is 0 Å². The average Bonchev–Trinajstić information content (AvgIpc) is 2.63. The van der Waals surface area contributed by atoms with Gasteiger partial charge >= 0.3 is 0 Å². The average molecular weight is 201 g/mol. The standard InChI is InChI=1S/C7H11N3S2/c1-5-9-10-7(11-5)12-6-2-3-8-4-6/h6,8H,2-4H2,1H3. The third-order valence-corrected chi connectivity index (χ3v) is 3.98. The first kappa shape index (κ1) is 8.47. The van der Waals surface area contributed by atoms with Crippen LogP contribution in [0.2, 0.25) is 0 Å². The van der Waals surface area contributed by atoms with Gasteiger partial charge < -0.3 is 5.32 Å². The van der Waals surface area contributed by atoms with Gasteiger partial charge in [-0.15, -0.1) is 10.2 Å². The summed E-state index contributed by atoms with van der Waals surface area (Å²) >= 11 is 3.54. The molecule has 2 heterocycles. The predicted octanol–water partition coefficient (Wildman–Crippen LogP) is 1.30. The van der Waals surface area contributed by atoms with Crippen molar-refractivity contribution in [1.82, 2.24) is 15.5 Å². The minimum atomic E-state index is 0.706. The monoisotopic (exact) mass is 201 g/mol. The number of rotatable bonds is 2. The van der Waals surface area contributed by atoms with Crippen LogP contribution in [-0.4, -0.2) is 28.5 Å². The minimum absolute atomic E-state index is 0.706. The van der Waals surface area contributed by atoms with E-state index in [1.54, 1.807) is 11.3 Å². The van der Waals surface area contributed by atoms with Crippen molar-refractivity contribution >= 4 is 23.1 Å². The maximum atomic E-state index is 4.08. The molecule has 3 nitrogen and oxygen atoms in total. The largest absolute Gasteiger partial charge is 0.316 e. The summed E-state index contributed by atoms with van der Waals surface area (Å²) in [6.45, 7) is 4.26. The summed E-state index contributed by atoms with van der Waals surface area (Å²) in [6, 6.07) is 0. The second-order valence-corrected chi connectivity index (χ2v) is 5.55. The Morgan fingerprint density at radius 3 is 3.08 bits per heavy atom. The van der Waals surface area contributed by atoms with Gasteiger partial charge in [0, 0.05) is 11.8 Å². The molecule has 0 saturated carbocycles. The highest BCUT2D eigenvalue weighted by molar-refractivity contribution is 8.01. The second kappa shape index (κ2) is 3.72. The third-order valence-electron chi connectivity index (χ3n) is 1.79. The number of nitrogens with one attached hydrogen (secondary N) is 1. The number of aryl methyl sites for hydroxylation is 1. The van der Waals surface area contributed by atoms with Gasteiger partial charge in [0.1, 0.15) is 5.01 Å². The molecule has 0 aliphatic carbocycles. The van der Waals surface area contributed by atoms with E-state index >= 15 is 0 Å². The van der Waals surface area contributed by atoms with Crippen molar-refractivity contribution in [3.8, 4) is 0 Å². The molecule has 1 aromatic rings. The Labute approximate surface area is 80.0 Å². The number of hydrogen-bond donors (Lipinski definition) is 1. The van der Waals surface area contributed by atoms with E-state index in [0.29, 0.717) is 5.25 Å². The molecule has 0 bridgehead atoms. The molecule has 12 heavy (non-hydrogen) atoms. The fourth-order valence-electron chi connectivity index (χ4n) is 1.20. The summed E-state index contributed by atoms with van der Waals surface area (Å²) in [5.74, 6) is 0. The van der Waals surface area contributed by atoms with Gasteiger partial charge in [0.2, 0.25) is 0 Å². The number of aromatic nitrogens is 2. The van der Waals surface area contributed by atoms with Crippen LogP contribution in [0.1, 0.15) is 11.4 Å². The molecule has 0 amide bonds. The smallest absolute Gasteiger partial charge is 0.174 e. The Morgan fingerprint density at radius 2 is 2.50 bits per heavy atom. The molecule has 1 aliphatic heterocycles. The van der Waals surface area contributed by atoms with Crippen LogP contribution >= 0.6 is 23.1 Å². The molecular weight excluding hydrogens is 190 g/mol. The van der Waals surface area contributed by atoms with Crippen LogP contribution in [0.25, 0.3) is 0 Å². The van der Waals surface area contributed by atoms with Crippen LogP contribution in [-0.2, 0) is 0 Å². The van der Waals surface area contributed by atoms with Crippen molar-refractivity contribution < 1.29 is 0 Å². The Bertz CT molecular complexity index is 255. The highest BCUT2D eigenvalue weighted by Crippen LogP contribution is 2.28. The Hall–Kier alpha value is -0.130. The maximum absolute atomic E-state index is 4.08. The lowest BCUT2D eigenvalue weighted by Gasteiger charge is -2.02. The van der Waals surface area contributed by atoms with Crippen LogP contribution in [0.5, 0.6) is 0 Å². The van der Waals surface area contributed by atoms with Gasteiger partial charge in [0.25, 0.3) is 0 Å². The molecular formula is C7H11N3S2. The fraction of sp³-hybridized carbons (Fsp3) is 0.714. The zero-order valence-electron chi connectivity index (χ0n) is 6.91. The molecule has 1 saturated heterocycles. The second-order valence-electron chi connectivity index (χ2n) is 2.82. The summed E-state index contributed by atoms with van der Waals surface area (Å²) in [5.41, 5.74) is 0. The van der Waals surface area contributed by atoms with Crippen LogP contribution in [0, 0.1) is 6.92 Å². The highest BCUT2D eigenvalue weighted by Gasteiger charge is 2.17. The lowest BCUT2D eigenvalue weighted by Crippen LogP contribution is -2.09. The Balaban J connectivity index is 1.94. The summed E-state index contributed by atoms with van der Waals surface area (Å²) in [7, 11) is 0. The molecule has 1 fully saturated rings. The molecule has 5 heteroatoms. The molecule has 1 atom stereocenters. The van der Waals surface area contributed by atoms with Gasteiger partial charge in [0.05, 0.1) is 0 Å². The third kappa shape index (κ3) is 1.97. The zero-order valence-corrected chi connectivity index (χ0v) is 8.54. The van der Waals surface area contributed by atoms with E-state index in [1.807, 2.05) is 18.7 Å². The molecule has 0 aromatic carbocycles. The number of hydrogen-bond acceptors (Lipinski definition) is 5. The maximum Gasteiger partial charge on any atom is 0.174 e. The summed E-state index contributed by atoms with van der Waals surface area (Å²) in [6.07, 6.45) is 1.25. The van der Waals surface area contributed by atoms with E-state index in [0.717, 1.165) is 22.4 Å². The minimum Gasteiger partial charge on any atom is -0.316 e. The van der Waals surface area contributed by atoms with E-state index in [-0.39, 0.29) is 0 Å². The normalized spacial score (nSPS) is 23.2. The van der Waals surface area contributed by atoms with Crippen LogP contribution in [0.4, 0.5) is 0 Å². The van der Waals surface area contributed by atoms with Gasteiger partial charge in [0.15, 0.2) is 4.34 Å². The van der Waals surface area contributed by atoms with Gasteiger partial charge in [-0.2, -0.15) is 0 Å². The van der Waals surface area contributed by atoms with E-state index in [2.05, 4.69) is 15.5 Å². The molecule has 0 radical (unpaired) electrons. The number of thioether (sulfide) groups is 1. The molecule has 1 unspecified atom stereocenters. The van der Waals surface area contributed by atoms with Crippen molar-refractivity contribution in [3.05, 3.63) is 5.01 Å². The van der Waals surface area contributed by atoms with Crippen molar-refractivity contribution in [2.45, 2.75) is 22.9 Å². The molecule has 2 rings (SSSR count). The molecule has 66 valence electrons. The first-order chi connectivity index (χ1) is 5.84. The lowest BCUT2D eigenvalue weighted by molar-refractivity contribution is 0.858. The van der Waals surface area contributed by atoms with Gasteiger partial charge in [-0.05, 0) is 19.9 Å². The van der Waals surface area contributed by atoms with Crippen molar-refractivity contribution in [1.29, 1.82) is 0 Å². The first-order valence-corrected chi connectivity index (χ1v) is 5.72. The van der Waals surface area contributed by atoms with E-state index in [1.165, 1.54) is 6.42 Å². The quantitative estimate of drug-likeness (QED) is 0.782. The van der Waals surface area contributed by atoms with Gasteiger partial charge in [-0.1, -0.05) is 23.1 Å². The van der Waals surface area contributed by atoms with E-state index in [4.69, 9.17) is 0 Å². The first-order valence-electron chi connectivity index (χ1n) is 4.02. The molecule has 1 aromatic heterocycles. The van der Waals surface area contributed by atoms with Crippen molar-refractivity contribution in [2.24, 2.45) is 0 Å². The van der Waals surface area contributed by atoms with Crippen molar-refractivity contribution in [2.75, 3.05) is 13.1 Å². The predicted molar refractivity (Wildman–Crippen MR) is 51.8 cm³/mol.